The van der Waals surface area contributed by atoms with Gasteiger partial charge in [0.05, 0.1) is 7.11 Å². The molecule has 15 heteroatoms. The lowest BCUT2D eigenvalue weighted by Crippen LogP contribution is -2.25. The molecule has 2 aromatic carbocycles. The average molecular weight is 542 g/mol. The van der Waals surface area contributed by atoms with Crippen LogP contribution in [0.1, 0.15) is 28.6 Å². The fourth-order valence-corrected chi connectivity index (χ4v) is 3.51. The molecule has 0 fully saturated rings. The number of anilines is 1. The van der Waals surface area contributed by atoms with Crippen LogP contribution in [0.3, 0.4) is 0 Å². The largest absolute Gasteiger partial charge is 0.497 e. The van der Waals surface area contributed by atoms with E-state index in [0.717, 1.165) is 4.68 Å². The van der Waals surface area contributed by atoms with Crippen molar-refractivity contribution in [2.75, 3.05) is 12.4 Å². The van der Waals surface area contributed by atoms with Gasteiger partial charge in [0.2, 0.25) is 0 Å². The van der Waals surface area contributed by atoms with Gasteiger partial charge in [0.15, 0.2) is 5.82 Å². The highest BCUT2D eigenvalue weighted by molar-refractivity contribution is 5.95. The Labute approximate surface area is 218 Å². The molecule has 0 aliphatic heterocycles. The number of benzene rings is 2. The number of nitrogens with zero attached hydrogens (tertiary/aromatic N) is 4. The van der Waals surface area contributed by atoms with E-state index in [4.69, 9.17) is 15.9 Å². The molecule has 1 atom stereocenters. The molecule has 0 aliphatic carbocycles. The van der Waals surface area contributed by atoms with Gasteiger partial charge in [-0.3, -0.25) is 10.4 Å². The van der Waals surface area contributed by atoms with E-state index in [2.05, 4.69) is 30.1 Å². The molecule has 2 heterocycles. The van der Waals surface area contributed by atoms with Gasteiger partial charge in [-0.1, -0.05) is 0 Å². The van der Waals surface area contributed by atoms with E-state index in [1.54, 1.807) is 36.4 Å². The number of aromatic nitrogens is 5. The highest BCUT2D eigenvalue weighted by Gasteiger charge is 2.41. The highest BCUT2D eigenvalue weighted by Crippen LogP contribution is 2.29. The lowest BCUT2D eigenvalue weighted by atomic mass is 10.0. The summed E-state index contributed by atoms with van der Waals surface area (Å²) in [6.07, 6.45) is -2.28. The van der Waals surface area contributed by atoms with E-state index in [1.807, 2.05) is 0 Å². The Balaban J connectivity index is 1.76. The number of nitrogen functional groups attached to an aromatic ring is 1. The molecule has 0 radical (unpaired) electrons. The number of hydrogen-bond donors (Lipinski definition) is 4. The molecule has 4 aromatic rings. The fraction of sp³-hybridized carbons (Fsp3) is 0.167. The van der Waals surface area contributed by atoms with Crippen LogP contribution < -0.4 is 21.5 Å². The predicted octanol–water partition coefficient (Wildman–Crippen LogP) is 2.45. The van der Waals surface area contributed by atoms with Crippen LogP contribution in [0.15, 0.2) is 65.7 Å². The minimum Gasteiger partial charge on any atom is -0.497 e. The van der Waals surface area contributed by atoms with Crippen molar-refractivity contribution >= 4 is 17.5 Å². The molecular formula is C24H21F3N8O4. The molecule has 202 valence electrons. The molecule has 0 aliphatic rings. The van der Waals surface area contributed by atoms with Crippen molar-refractivity contribution in [2.24, 2.45) is 5.73 Å². The SMILES string of the molecule is COc1cc(COC(=O)C(F)(F)F)cc([C@H](Nc2ccc(C(=N)N)cc2)c2nn(-c3ncccn3)c(=O)[nH]2)c1. The number of ether oxygens (including phenoxy) is 2. The van der Waals surface area contributed by atoms with Crippen LogP contribution >= 0.6 is 0 Å². The monoisotopic (exact) mass is 542 g/mol. The quantitative estimate of drug-likeness (QED) is 0.141. The third-order valence-corrected chi connectivity index (χ3v) is 5.32. The lowest BCUT2D eigenvalue weighted by molar-refractivity contribution is -0.201. The van der Waals surface area contributed by atoms with Crippen LogP contribution in [0.5, 0.6) is 5.75 Å². The van der Waals surface area contributed by atoms with Crippen molar-refractivity contribution in [1.29, 1.82) is 5.41 Å². The van der Waals surface area contributed by atoms with Crippen LogP contribution in [0.25, 0.3) is 5.95 Å². The van der Waals surface area contributed by atoms with E-state index in [-0.39, 0.29) is 28.9 Å². The summed E-state index contributed by atoms with van der Waals surface area (Å²) in [6.45, 7) is -0.689. The summed E-state index contributed by atoms with van der Waals surface area (Å²) in [4.78, 5) is 34.7. The number of amidine groups is 1. The first-order chi connectivity index (χ1) is 18.5. The molecule has 39 heavy (non-hydrogen) atoms. The standard InChI is InChI=1S/C24H21F3N8O4/c1-38-17-10-13(12-39-21(36)24(25,26)27)9-15(11-17)18(32-16-5-3-14(4-6-16)19(28)29)20-33-23(37)35(34-20)22-30-7-2-8-31-22/h2-11,18,32H,12H2,1H3,(H3,28,29)(H,33,34,37)/t18-/m0/s1. The number of nitrogens with one attached hydrogen (secondary N) is 3. The number of rotatable bonds is 9. The summed E-state index contributed by atoms with van der Waals surface area (Å²) in [5.41, 5.74) is 6.48. The van der Waals surface area contributed by atoms with Gasteiger partial charge in [0.1, 0.15) is 24.2 Å². The number of hydrogen-bond acceptors (Lipinski definition) is 9. The number of H-pyrrole nitrogens is 1. The van der Waals surface area contributed by atoms with Crippen molar-refractivity contribution in [1.82, 2.24) is 24.7 Å². The maximum atomic E-state index is 12.7. The topological polar surface area (TPSA) is 174 Å². The van der Waals surface area contributed by atoms with Gasteiger partial charge < -0.3 is 20.5 Å². The summed E-state index contributed by atoms with van der Waals surface area (Å²) in [5.74, 6) is -2.10. The number of halogens is 3. The molecule has 0 unspecified atom stereocenters. The molecular weight excluding hydrogens is 521 g/mol. The van der Waals surface area contributed by atoms with Gasteiger partial charge in [0, 0.05) is 23.6 Å². The zero-order valence-corrected chi connectivity index (χ0v) is 20.2. The predicted molar refractivity (Wildman–Crippen MR) is 132 cm³/mol. The van der Waals surface area contributed by atoms with Gasteiger partial charge in [-0.2, -0.15) is 13.2 Å². The summed E-state index contributed by atoms with van der Waals surface area (Å²) in [5, 5.41) is 15.1. The van der Waals surface area contributed by atoms with Crippen molar-refractivity contribution in [3.8, 4) is 11.7 Å². The first-order valence-electron chi connectivity index (χ1n) is 11.1. The van der Waals surface area contributed by atoms with Crippen LogP contribution in [0.4, 0.5) is 18.9 Å². The minimum absolute atomic E-state index is 0.0138. The minimum atomic E-state index is -5.15. The zero-order valence-electron chi connectivity index (χ0n) is 20.2. The van der Waals surface area contributed by atoms with Gasteiger partial charge in [-0.25, -0.2) is 19.6 Å². The van der Waals surface area contributed by atoms with E-state index in [1.165, 1.54) is 31.6 Å². The van der Waals surface area contributed by atoms with E-state index in [9.17, 15) is 22.8 Å². The molecule has 0 spiro atoms. The summed E-state index contributed by atoms with van der Waals surface area (Å²) >= 11 is 0. The Morgan fingerprint density at radius 2 is 1.87 bits per heavy atom. The van der Waals surface area contributed by atoms with Crippen LogP contribution in [0.2, 0.25) is 0 Å². The van der Waals surface area contributed by atoms with Gasteiger partial charge >= 0.3 is 17.8 Å². The molecule has 4 rings (SSSR count). The second kappa shape index (κ2) is 11.0. The maximum Gasteiger partial charge on any atom is 0.490 e. The third-order valence-electron chi connectivity index (χ3n) is 5.32. The summed E-state index contributed by atoms with van der Waals surface area (Å²) in [6, 6.07) is 11.6. The molecule has 0 saturated heterocycles. The maximum absolute atomic E-state index is 12.7. The van der Waals surface area contributed by atoms with E-state index < -0.39 is 30.5 Å². The van der Waals surface area contributed by atoms with Crippen molar-refractivity contribution in [2.45, 2.75) is 18.8 Å². The number of aromatic amines is 1. The molecule has 0 saturated carbocycles. The number of carbonyl (C=O) groups is 1. The van der Waals surface area contributed by atoms with Gasteiger partial charge in [-0.05, 0) is 59.7 Å². The van der Waals surface area contributed by atoms with Crippen molar-refractivity contribution < 1.29 is 27.4 Å². The molecule has 0 bridgehead atoms. The highest BCUT2D eigenvalue weighted by atomic mass is 19.4. The lowest BCUT2D eigenvalue weighted by Gasteiger charge is -2.20. The zero-order chi connectivity index (χ0) is 28.2. The number of nitrogens with two attached hydrogens (primary N) is 1. The Hall–Kier alpha value is -5.21. The Morgan fingerprint density at radius 1 is 1.18 bits per heavy atom. The molecule has 5 N–H and O–H groups in total. The van der Waals surface area contributed by atoms with Gasteiger partial charge in [-0.15, -0.1) is 9.78 Å². The first kappa shape index (κ1) is 26.8. The van der Waals surface area contributed by atoms with E-state index >= 15 is 0 Å². The Bertz CT molecular complexity index is 1540. The van der Waals surface area contributed by atoms with Gasteiger partial charge in [0.25, 0.3) is 5.95 Å². The normalized spacial score (nSPS) is 12.0. The second-order valence-corrected chi connectivity index (χ2v) is 8.03. The number of carbonyl (C=O) groups excluding carboxylic acids is 1. The summed E-state index contributed by atoms with van der Waals surface area (Å²) < 4.78 is 48.6. The fourth-order valence-electron chi connectivity index (χ4n) is 3.51. The van der Waals surface area contributed by atoms with Crippen molar-refractivity contribution in [3.05, 3.63) is 93.9 Å². The second-order valence-electron chi connectivity index (χ2n) is 8.03. The van der Waals surface area contributed by atoms with E-state index in [0.29, 0.717) is 16.8 Å². The van der Waals surface area contributed by atoms with Crippen LogP contribution in [-0.4, -0.2) is 49.8 Å². The Morgan fingerprint density at radius 3 is 2.49 bits per heavy atom. The number of esters is 1. The third kappa shape index (κ3) is 6.38. The molecule has 0 amide bonds. The van der Waals surface area contributed by atoms with Crippen molar-refractivity contribution in [3.63, 3.8) is 0 Å². The first-order valence-corrected chi connectivity index (χ1v) is 11.1. The number of alkyl halides is 3. The molecule has 2 aromatic heterocycles. The smallest absolute Gasteiger partial charge is 0.490 e. The van der Waals surface area contributed by atoms with Crippen LogP contribution in [0, 0.1) is 5.41 Å². The summed E-state index contributed by atoms with van der Waals surface area (Å²) in [7, 11) is 1.36. The Kier molecular flexibility index (Phi) is 7.60. The average Bonchev–Trinajstić information content (AvgIpc) is 3.31. The molecule has 12 nitrogen and oxygen atoms in total. The number of methoxy groups -OCH3 is 1. The van der Waals surface area contributed by atoms with Crippen LogP contribution in [-0.2, 0) is 16.1 Å².